The molecule has 11 heavy (non-hydrogen) atoms. The molecule has 4 nitrogen and oxygen atoms in total. The fourth-order valence-corrected chi connectivity index (χ4v) is 0.702. The number of nitrogens with one attached hydrogen (secondary N) is 1. The molecule has 1 aromatic heterocycles. The van der Waals surface area contributed by atoms with Gasteiger partial charge in [0.05, 0.1) is 0 Å². The number of carbonyl (C=O) groups is 1. The van der Waals surface area contributed by atoms with Crippen LogP contribution in [0.15, 0.2) is 18.5 Å². The molecule has 0 unspecified atom stereocenters. The zero-order valence-corrected chi connectivity index (χ0v) is 6.03. The molecular weight excluding hydrogens is 142 g/mol. The van der Waals surface area contributed by atoms with Gasteiger partial charge in [0.25, 0.3) is 0 Å². The predicted octanol–water partition coefficient (Wildman–Crippen LogP) is -0.235. The Labute approximate surface area is 64.7 Å². The van der Waals surface area contributed by atoms with Gasteiger partial charge >= 0.3 is 0 Å². The Bertz CT molecular complexity index is 212. The first-order valence-electron chi connectivity index (χ1n) is 3.36. The second-order valence-electron chi connectivity index (χ2n) is 1.99. The molecule has 0 atom stereocenters. The molecule has 1 amide bonds. The number of rotatable bonds is 4. The third-order valence-electron chi connectivity index (χ3n) is 1.20. The van der Waals surface area contributed by atoms with Crippen LogP contribution >= 0.6 is 0 Å². The fraction of sp³-hybridized carbons (Fsp3) is 0.286. The number of hydrogen-bond acceptors (Lipinski definition) is 3. The monoisotopic (exact) mass is 151 g/mol. The summed E-state index contributed by atoms with van der Waals surface area (Å²) < 4.78 is 0. The lowest BCUT2D eigenvalue weighted by molar-refractivity contribution is -0.109. The molecule has 58 valence electrons. The molecule has 0 aromatic carbocycles. The van der Waals surface area contributed by atoms with Crippen molar-refractivity contribution in [3.05, 3.63) is 24.3 Å². The lowest BCUT2D eigenvalue weighted by Crippen LogP contribution is -2.15. The van der Waals surface area contributed by atoms with Gasteiger partial charge in [-0.1, -0.05) is 0 Å². The zero-order valence-electron chi connectivity index (χ0n) is 6.03. The van der Waals surface area contributed by atoms with Crippen molar-refractivity contribution >= 4 is 6.41 Å². The smallest absolute Gasteiger partial charge is 0.207 e. The van der Waals surface area contributed by atoms with E-state index in [-0.39, 0.29) is 0 Å². The Morgan fingerprint density at radius 3 is 2.82 bits per heavy atom. The first-order chi connectivity index (χ1) is 5.43. The van der Waals surface area contributed by atoms with Crippen LogP contribution in [0.1, 0.15) is 5.82 Å². The van der Waals surface area contributed by atoms with Gasteiger partial charge in [0.2, 0.25) is 6.41 Å². The average Bonchev–Trinajstić information content (AvgIpc) is 2.07. The van der Waals surface area contributed by atoms with Gasteiger partial charge in [0.1, 0.15) is 5.82 Å². The number of hydrogen-bond donors (Lipinski definition) is 1. The predicted molar refractivity (Wildman–Crippen MR) is 39.8 cm³/mol. The summed E-state index contributed by atoms with van der Waals surface area (Å²) in [5.41, 5.74) is 0. The van der Waals surface area contributed by atoms with Crippen LogP contribution in [-0.2, 0) is 11.2 Å². The van der Waals surface area contributed by atoms with Crippen LogP contribution in [0.5, 0.6) is 0 Å². The molecule has 1 N–H and O–H groups in total. The molecule has 0 aliphatic carbocycles. The minimum Gasteiger partial charge on any atom is -0.358 e. The molecule has 0 saturated carbocycles. The van der Waals surface area contributed by atoms with Gasteiger partial charge in [-0.05, 0) is 6.07 Å². The van der Waals surface area contributed by atoms with Gasteiger partial charge in [-0.25, -0.2) is 9.97 Å². The molecule has 0 saturated heterocycles. The van der Waals surface area contributed by atoms with Gasteiger partial charge in [-0.2, -0.15) is 0 Å². The number of amides is 1. The van der Waals surface area contributed by atoms with Gasteiger partial charge in [-0.3, -0.25) is 4.79 Å². The quantitative estimate of drug-likeness (QED) is 0.477. The van der Waals surface area contributed by atoms with Gasteiger partial charge in [0.15, 0.2) is 0 Å². The van der Waals surface area contributed by atoms with Crippen molar-refractivity contribution in [2.24, 2.45) is 0 Å². The van der Waals surface area contributed by atoms with E-state index in [4.69, 9.17) is 0 Å². The SMILES string of the molecule is O=CNCCc1ncccn1. The van der Waals surface area contributed by atoms with Crippen LogP contribution in [0.2, 0.25) is 0 Å². The van der Waals surface area contributed by atoms with E-state index in [1.807, 2.05) is 0 Å². The lowest BCUT2D eigenvalue weighted by Gasteiger charge is -1.96. The van der Waals surface area contributed by atoms with Gasteiger partial charge < -0.3 is 5.32 Å². The third kappa shape index (κ3) is 2.75. The second kappa shape index (κ2) is 4.38. The molecule has 0 radical (unpaired) electrons. The highest BCUT2D eigenvalue weighted by atomic mass is 16.1. The highest BCUT2D eigenvalue weighted by Crippen LogP contribution is 1.86. The second-order valence-corrected chi connectivity index (χ2v) is 1.99. The molecular formula is C7H9N3O. The fourth-order valence-electron chi connectivity index (χ4n) is 0.702. The van der Waals surface area contributed by atoms with E-state index in [1.165, 1.54) is 0 Å². The first-order valence-corrected chi connectivity index (χ1v) is 3.36. The highest BCUT2D eigenvalue weighted by Gasteiger charge is 1.91. The third-order valence-corrected chi connectivity index (χ3v) is 1.20. The largest absolute Gasteiger partial charge is 0.358 e. The first kappa shape index (κ1) is 7.65. The highest BCUT2D eigenvalue weighted by molar-refractivity contribution is 5.45. The van der Waals surface area contributed by atoms with E-state index in [0.717, 1.165) is 5.82 Å². The van der Waals surface area contributed by atoms with Crippen molar-refractivity contribution in [2.45, 2.75) is 6.42 Å². The summed E-state index contributed by atoms with van der Waals surface area (Å²) in [5, 5.41) is 2.54. The Kier molecular flexibility index (Phi) is 3.05. The molecule has 4 heteroatoms. The Hall–Kier alpha value is -1.45. The van der Waals surface area contributed by atoms with Crippen LogP contribution < -0.4 is 5.32 Å². The summed E-state index contributed by atoms with van der Waals surface area (Å²) in [6, 6.07) is 1.76. The van der Waals surface area contributed by atoms with Crippen molar-refractivity contribution in [2.75, 3.05) is 6.54 Å². The van der Waals surface area contributed by atoms with Crippen molar-refractivity contribution in [3.63, 3.8) is 0 Å². The topological polar surface area (TPSA) is 54.9 Å². The van der Waals surface area contributed by atoms with Crippen molar-refractivity contribution in [1.82, 2.24) is 15.3 Å². The summed E-state index contributed by atoms with van der Waals surface area (Å²) in [6.45, 7) is 0.591. The molecule has 1 rings (SSSR count). The molecule has 0 aliphatic heterocycles. The van der Waals surface area contributed by atoms with Crippen molar-refractivity contribution < 1.29 is 4.79 Å². The summed E-state index contributed by atoms with van der Waals surface area (Å²) in [7, 11) is 0. The standard InChI is InChI=1S/C7H9N3O/c11-6-8-5-2-7-9-3-1-4-10-7/h1,3-4,6H,2,5H2,(H,8,11). The number of aromatic nitrogens is 2. The van der Waals surface area contributed by atoms with E-state index in [1.54, 1.807) is 18.5 Å². The zero-order chi connectivity index (χ0) is 7.94. The van der Waals surface area contributed by atoms with Crippen LogP contribution in [0.4, 0.5) is 0 Å². The molecule has 1 heterocycles. The Morgan fingerprint density at radius 2 is 2.18 bits per heavy atom. The minimum atomic E-state index is 0.591. The van der Waals surface area contributed by atoms with E-state index in [0.29, 0.717) is 19.4 Å². The maximum absolute atomic E-state index is 9.84. The van der Waals surface area contributed by atoms with Crippen LogP contribution in [0, 0.1) is 0 Å². The van der Waals surface area contributed by atoms with E-state index in [9.17, 15) is 4.79 Å². The Morgan fingerprint density at radius 1 is 1.45 bits per heavy atom. The van der Waals surface area contributed by atoms with E-state index >= 15 is 0 Å². The van der Waals surface area contributed by atoms with Crippen molar-refractivity contribution in [3.8, 4) is 0 Å². The van der Waals surface area contributed by atoms with Crippen LogP contribution in [-0.4, -0.2) is 22.9 Å². The van der Waals surface area contributed by atoms with Gasteiger partial charge in [0, 0.05) is 25.4 Å². The summed E-state index contributed by atoms with van der Waals surface area (Å²) in [4.78, 5) is 17.8. The molecule has 1 aromatic rings. The molecule has 0 bridgehead atoms. The maximum Gasteiger partial charge on any atom is 0.207 e. The molecule has 0 spiro atoms. The van der Waals surface area contributed by atoms with Crippen LogP contribution in [0.3, 0.4) is 0 Å². The van der Waals surface area contributed by atoms with E-state index in [2.05, 4.69) is 15.3 Å². The lowest BCUT2D eigenvalue weighted by atomic mass is 10.4. The average molecular weight is 151 g/mol. The Balaban J connectivity index is 2.33. The number of nitrogens with zero attached hydrogens (tertiary/aromatic N) is 2. The normalized spacial score (nSPS) is 9.09. The number of carbonyl (C=O) groups excluding carboxylic acids is 1. The summed E-state index contributed by atoms with van der Waals surface area (Å²) in [5.74, 6) is 0.752. The minimum absolute atomic E-state index is 0.591. The van der Waals surface area contributed by atoms with Gasteiger partial charge in [-0.15, -0.1) is 0 Å². The maximum atomic E-state index is 9.84. The molecule has 0 aliphatic rings. The van der Waals surface area contributed by atoms with E-state index < -0.39 is 0 Å². The summed E-state index contributed by atoms with van der Waals surface area (Å²) in [6.07, 6.45) is 4.72. The van der Waals surface area contributed by atoms with Crippen LogP contribution in [0.25, 0.3) is 0 Å². The molecule has 0 fully saturated rings. The summed E-state index contributed by atoms with van der Waals surface area (Å²) >= 11 is 0. The van der Waals surface area contributed by atoms with Crippen molar-refractivity contribution in [1.29, 1.82) is 0 Å².